The van der Waals surface area contributed by atoms with Gasteiger partial charge in [0.1, 0.15) is 0 Å². The third-order valence-electron chi connectivity index (χ3n) is 3.60. The van der Waals surface area contributed by atoms with Crippen LogP contribution >= 0.6 is 0 Å². The summed E-state index contributed by atoms with van der Waals surface area (Å²) >= 11 is 0. The Morgan fingerprint density at radius 2 is 1.62 bits per heavy atom. The lowest BCUT2D eigenvalue weighted by Gasteiger charge is -2.13. The van der Waals surface area contributed by atoms with E-state index in [1.165, 1.54) is 12.1 Å². The van der Waals surface area contributed by atoms with Gasteiger partial charge in [-0.2, -0.15) is 0 Å². The van der Waals surface area contributed by atoms with Crippen molar-refractivity contribution in [3.05, 3.63) is 83.4 Å². The van der Waals surface area contributed by atoms with E-state index in [-0.39, 0.29) is 12.0 Å². The first-order valence-corrected chi connectivity index (χ1v) is 6.75. The number of aliphatic hydroxyl groups excluding tert-OH is 1. The normalized spacial score (nSPS) is 12.5. The highest BCUT2D eigenvalue weighted by atomic mass is 19.2. The smallest absolute Gasteiger partial charge is 0.162 e. The maximum absolute atomic E-state index is 13.6. The number of fused-ring (bicyclic) bond motifs is 1. The van der Waals surface area contributed by atoms with Crippen molar-refractivity contribution in [2.45, 2.75) is 12.5 Å². The molecule has 0 spiro atoms. The van der Waals surface area contributed by atoms with E-state index in [1.807, 2.05) is 42.5 Å². The van der Waals surface area contributed by atoms with Gasteiger partial charge in [-0.25, -0.2) is 8.78 Å². The minimum Gasteiger partial charge on any atom is -0.388 e. The number of benzene rings is 3. The van der Waals surface area contributed by atoms with Crippen LogP contribution in [0.15, 0.2) is 60.7 Å². The summed E-state index contributed by atoms with van der Waals surface area (Å²) in [5, 5.41) is 12.3. The van der Waals surface area contributed by atoms with E-state index in [2.05, 4.69) is 0 Å². The number of halogens is 2. The van der Waals surface area contributed by atoms with Gasteiger partial charge in [0.25, 0.3) is 0 Å². The van der Waals surface area contributed by atoms with Gasteiger partial charge in [-0.1, -0.05) is 48.5 Å². The lowest BCUT2D eigenvalue weighted by molar-refractivity contribution is 0.177. The first kappa shape index (κ1) is 13.7. The molecule has 3 heteroatoms. The topological polar surface area (TPSA) is 20.2 Å². The van der Waals surface area contributed by atoms with Crippen LogP contribution in [0.4, 0.5) is 8.78 Å². The molecule has 0 amide bonds. The SMILES string of the molecule is OC(Cc1cccc(F)c1F)c1ccc2ccccc2c1. The van der Waals surface area contributed by atoms with E-state index in [0.29, 0.717) is 5.56 Å². The molecule has 0 aliphatic rings. The standard InChI is InChI=1S/C18H14F2O/c19-16-7-3-6-15(18(16)20)11-17(21)14-9-8-12-4-1-2-5-13(12)10-14/h1-10,17,21H,11H2. The van der Waals surface area contributed by atoms with Gasteiger partial charge in [-0.05, 0) is 34.0 Å². The quantitative estimate of drug-likeness (QED) is 0.756. The van der Waals surface area contributed by atoms with Crippen LogP contribution < -0.4 is 0 Å². The molecule has 3 aromatic carbocycles. The van der Waals surface area contributed by atoms with Crippen molar-refractivity contribution in [1.82, 2.24) is 0 Å². The van der Waals surface area contributed by atoms with Gasteiger partial charge >= 0.3 is 0 Å². The van der Waals surface area contributed by atoms with Gasteiger partial charge in [0.05, 0.1) is 6.10 Å². The predicted octanol–water partition coefficient (Wildman–Crippen LogP) is 4.39. The summed E-state index contributed by atoms with van der Waals surface area (Å²) in [6.07, 6.45) is -0.826. The molecule has 0 saturated carbocycles. The highest BCUT2D eigenvalue weighted by molar-refractivity contribution is 5.83. The van der Waals surface area contributed by atoms with Crippen molar-refractivity contribution in [1.29, 1.82) is 0 Å². The number of rotatable bonds is 3. The maximum Gasteiger partial charge on any atom is 0.162 e. The Morgan fingerprint density at radius 1 is 0.857 bits per heavy atom. The average Bonchev–Trinajstić information content (AvgIpc) is 2.51. The molecule has 1 atom stereocenters. The molecule has 0 aromatic heterocycles. The third-order valence-corrected chi connectivity index (χ3v) is 3.60. The number of aliphatic hydroxyl groups is 1. The molecule has 1 unspecified atom stereocenters. The average molecular weight is 284 g/mol. The van der Waals surface area contributed by atoms with Crippen molar-refractivity contribution in [2.24, 2.45) is 0 Å². The van der Waals surface area contributed by atoms with Crippen molar-refractivity contribution in [3.8, 4) is 0 Å². The van der Waals surface area contributed by atoms with E-state index in [4.69, 9.17) is 0 Å². The molecule has 1 nitrogen and oxygen atoms in total. The highest BCUT2D eigenvalue weighted by Gasteiger charge is 2.14. The summed E-state index contributed by atoms with van der Waals surface area (Å²) in [6, 6.07) is 17.4. The molecular weight excluding hydrogens is 270 g/mol. The summed E-state index contributed by atoms with van der Waals surface area (Å²) in [7, 11) is 0. The minimum atomic E-state index is -0.891. The Kier molecular flexibility index (Phi) is 3.67. The molecule has 0 aliphatic heterocycles. The minimum absolute atomic E-state index is 0.0436. The van der Waals surface area contributed by atoms with Crippen LogP contribution in [0, 0.1) is 11.6 Å². The predicted molar refractivity (Wildman–Crippen MR) is 79.0 cm³/mol. The van der Waals surface area contributed by atoms with Crippen LogP contribution in [0.25, 0.3) is 10.8 Å². The summed E-state index contributed by atoms with van der Waals surface area (Å²) in [5.41, 5.74) is 0.869. The summed E-state index contributed by atoms with van der Waals surface area (Å²) < 4.78 is 26.8. The van der Waals surface area contributed by atoms with E-state index >= 15 is 0 Å². The van der Waals surface area contributed by atoms with Crippen LogP contribution in [0.5, 0.6) is 0 Å². The Hall–Kier alpha value is -2.26. The lowest BCUT2D eigenvalue weighted by atomic mass is 9.98. The molecule has 106 valence electrons. The monoisotopic (exact) mass is 284 g/mol. The second-order valence-corrected chi connectivity index (χ2v) is 5.04. The Balaban J connectivity index is 1.89. The fraction of sp³-hybridized carbons (Fsp3) is 0.111. The first-order valence-electron chi connectivity index (χ1n) is 6.75. The van der Waals surface area contributed by atoms with E-state index in [0.717, 1.165) is 16.8 Å². The van der Waals surface area contributed by atoms with Crippen LogP contribution in [0.3, 0.4) is 0 Å². The van der Waals surface area contributed by atoms with Crippen LogP contribution in [0.2, 0.25) is 0 Å². The van der Waals surface area contributed by atoms with Crippen molar-refractivity contribution in [3.63, 3.8) is 0 Å². The molecule has 0 aliphatic carbocycles. The van der Waals surface area contributed by atoms with Crippen LogP contribution in [-0.4, -0.2) is 5.11 Å². The fourth-order valence-corrected chi connectivity index (χ4v) is 2.45. The van der Waals surface area contributed by atoms with Gasteiger partial charge in [-0.15, -0.1) is 0 Å². The second-order valence-electron chi connectivity index (χ2n) is 5.04. The molecule has 3 aromatic rings. The van der Waals surface area contributed by atoms with Gasteiger partial charge < -0.3 is 5.11 Å². The summed E-state index contributed by atoms with van der Waals surface area (Å²) in [5.74, 6) is -1.78. The Labute approximate surface area is 121 Å². The molecule has 21 heavy (non-hydrogen) atoms. The fourth-order valence-electron chi connectivity index (χ4n) is 2.45. The molecule has 1 N–H and O–H groups in total. The Morgan fingerprint density at radius 3 is 2.43 bits per heavy atom. The molecule has 0 bridgehead atoms. The summed E-state index contributed by atoms with van der Waals surface area (Å²) in [4.78, 5) is 0. The first-order chi connectivity index (χ1) is 10.1. The molecule has 0 saturated heterocycles. The van der Waals surface area contributed by atoms with Gasteiger partial charge in [0.2, 0.25) is 0 Å². The van der Waals surface area contributed by atoms with Crippen molar-refractivity contribution < 1.29 is 13.9 Å². The zero-order chi connectivity index (χ0) is 14.8. The van der Waals surface area contributed by atoms with Crippen LogP contribution in [0.1, 0.15) is 17.2 Å². The molecular formula is C18H14F2O. The number of hydrogen-bond donors (Lipinski definition) is 1. The highest BCUT2D eigenvalue weighted by Crippen LogP contribution is 2.24. The lowest BCUT2D eigenvalue weighted by Crippen LogP contribution is -2.04. The van der Waals surface area contributed by atoms with E-state index < -0.39 is 17.7 Å². The van der Waals surface area contributed by atoms with Gasteiger partial charge in [0.15, 0.2) is 11.6 Å². The molecule has 3 rings (SSSR count). The molecule has 0 radical (unpaired) electrons. The zero-order valence-corrected chi connectivity index (χ0v) is 11.3. The van der Waals surface area contributed by atoms with E-state index in [1.54, 1.807) is 0 Å². The van der Waals surface area contributed by atoms with Crippen molar-refractivity contribution >= 4 is 10.8 Å². The largest absolute Gasteiger partial charge is 0.388 e. The maximum atomic E-state index is 13.6. The zero-order valence-electron chi connectivity index (χ0n) is 11.3. The molecule has 0 heterocycles. The van der Waals surface area contributed by atoms with Crippen LogP contribution in [-0.2, 0) is 6.42 Å². The number of hydrogen-bond acceptors (Lipinski definition) is 1. The summed E-state index contributed by atoms with van der Waals surface area (Å²) in [6.45, 7) is 0. The van der Waals surface area contributed by atoms with Crippen molar-refractivity contribution in [2.75, 3.05) is 0 Å². The van der Waals surface area contributed by atoms with Gasteiger partial charge in [0, 0.05) is 6.42 Å². The van der Waals surface area contributed by atoms with Gasteiger partial charge in [-0.3, -0.25) is 0 Å². The third kappa shape index (κ3) is 2.78. The van der Waals surface area contributed by atoms with E-state index in [9.17, 15) is 13.9 Å². The second kappa shape index (κ2) is 5.62. The Bertz CT molecular complexity index is 783. The molecule has 0 fully saturated rings.